The van der Waals surface area contributed by atoms with E-state index in [9.17, 15) is 9.59 Å². The summed E-state index contributed by atoms with van der Waals surface area (Å²) < 4.78 is 6.58. The molecule has 21 heavy (non-hydrogen) atoms. The maximum absolute atomic E-state index is 11.7. The zero-order valence-electron chi connectivity index (χ0n) is 11.1. The molecule has 0 unspecified atom stereocenters. The van der Waals surface area contributed by atoms with Gasteiger partial charge in [0, 0.05) is 11.8 Å². The van der Waals surface area contributed by atoms with Crippen LogP contribution in [0.2, 0.25) is 0 Å². The lowest BCUT2D eigenvalue weighted by Gasteiger charge is -2.04. The van der Waals surface area contributed by atoms with Crippen molar-refractivity contribution in [3.8, 4) is 0 Å². The zero-order chi connectivity index (χ0) is 15.2. The Balaban J connectivity index is 1.96. The van der Waals surface area contributed by atoms with Gasteiger partial charge in [-0.15, -0.1) is 11.3 Å². The van der Waals surface area contributed by atoms with Gasteiger partial charge in [0.1, 0.15) is 0 Å². The highest BCUT2D eigenvalue weighted by molar-refractivity contribution is 9.11. The third-order valence-electron chi connectivity index (χ3n) is 2.34. The minimum Gasteiger partial charge on any atom is -0.501 e. The Kier molecular flexibility index (Phi) is 5.29. The molecule has 0 saturated carbocycles. The van der Waals surface area contributed by atoms with Gasteiger partial charge in [0.05, 0.1) is 23.1 Å². The number of rotatable bonds is 4. The largest absolute Gasteiger partial charge is 0.501 e. The Hall–Kier alpha value is -1.93. The van der Waals surface area contributed by atoms with Gasteiger partial charge in [0.25, 0.3) is 5.91 Å². The van der Waals surface area contributed by atoms with Crippen molar-refractivity contribution in [2.45, 2.75) is 6.92 Å². The summed E-state index contributed by atoms with van der Waals surface area (Å²) >= 11 is 4.77. The van der Waals surface area contributed by atoms with Crippen LogP contribution in [0.1, 0.15) is 6.92 Å². The average molecular weight is 370 g/mol. The molecular weight excluding hydrogens is 358 g/mol. The van der Waals surface area contributed by atoms with E-state index in [4.69, 9.17) is 4.74 Å². The first-order valence-corrected chi connectivity index (χ1v) is 7.65. The Labute approximate surface area is 133 Å². The number of benzene rings is 1. The van der Waals surface area contributed by atoms with Crippen molar-refractivity contribution in [3.63, 3.8) is 0 Å². The molecule has 1 aromatic carbocycles. The number of aromatic nitrogens is 1. The molecule has 0 aliphatic rings. The van der Waals surface area contributed by atoms with Crippen molar-refractivity contribution in [2.75, 3.05) is 11.9 Å². The van der Waals surface area contributed by atoms with Crippen LogP contribution >= 0.6 is 27.3 Å². The predicted molar refractivity (Wildman–Crippen MR) is 85.2 cm³/mol. The molecule has 0 spiro atoms. The number of thiazole rings is 1. The number of nitrogens with zero attached hydrogens (tertiary/aromatic N) is 1. The van der Waals surface area contributed by atoms with E-state index in [1.54, 1.807) is 25.1 Å². The van der Waals surface area contributed by atoms with Crippen molar-refractivity contribution < 1.29 is 14.3 Å². The SMILES string of the molecule is CCO/C=C/C(=O)NC(=O)Nc1ccc2nc(Br)sc2c1. The summed E-state index contributed by atoms with van der Waals surface area (Å²) in [5, 5.41) is 4.75. The summed E-state index contributed by atoms with van der Waals surface area (Å²) in [6.45, 7) is 2.25. The zero-order valence-corrected chi connectivity index (χ0v) is 13.5. The quantitative estimate of drug-likeness (QED) is 0.640. The van der Waals surface area contributed by atoms with Crippen LogP contribution in [-0.2, 0) is 9.53 Å². The van der Waals surface area contributed by atoms with Crippen molar-refractivity contribution in [1.82, 2.24) is 10.3 Å². The number of anilines is 1. The number of carbonyl (C=O) groups is 2. The second-order valence-electron chi connectivity index (χ2n) is 3.85. The molecule has 8 heteroatoms. The van der Waals surface area contributed by atoms with E-state index in [-0.39, 0.29) is 0 Å². The maximum atomic E-state index is 11.7. The number of hydrogen-bond donors (Lipinski definition) is 2. The highest BCUT2D eigenvalue weighted by Crippen LogP contribution is 2.28. The molecule has 0 aliphatic carbocycles. The summed E-state index contributed by atoms with van der Waals surface area (Å²) in [6.07, 6.45) is 2.39. The van der Waals surface area contributed by atoms with Gasteiger partial charge in [-0.3, -0.25) is 10.1 Å². The maximum Gasteiger partial charge on any atom is 0.326 e. The van der Waals surface area contributed by atoms with Crippen LogP contribution in [0.5, 0.6) is 0 Å². The van der Waals surface area contributed by atoms with Crippen LogP contribution in [0.25, 0.3) is 10.2 Å². The van der Waals surface area contributed by atoms with Gasteiger partial charge in [0.2, 0.25) is 0 Å². The van der Waals surface area contributed by atoms with Crippen LogP contribution < -0.4 is 10.6 Å². The summed E-state index contributed by atoms with van der Waals surface area (Å²) in [5.41, 5.74) is 1.42. The van der Waals surface area contributed by atoms with Gasteiger partial charge in [-0.1, -0.05) is 0 Å². The molecular formula is C13H12BrN3O3S. The van der Waals surface area contributed by atoms with E-state index in [2.05, 4.69) is 31.5 Å². The minimum absolute atomic E-state index is 0.459. The second kappa shape index (κ2) is 7.19. The molecule has 110 valence electrons. The van der Waals surface area contributed by atoms with E-state index in [1.807, 2.05) is 0 Å². The molecule has 2 N–H and O–H groups in total. The molecule has 0 radical (unpaired) electrons. The number of imide groups is 1. The second-order valence-corrected chi connectivity index (χ2v) is 6.16. The molecule has 2 aromatic rings. The molecule has 3 amide bonds. The number of halogens is 1. The molecule has 0 aliphatic heterocycles. The van der Waals surface area contributed by atoms with Gasteiger partial charge in [0.15, 0.2) is 3.92 Å². The Bertz CT molecular complexity index is 699. The smallest absolute Gasteiger partial charge is 0.326 e. The summed E-state index contributed by atoms with van der Waals surface area (Å²) in [6, 6.07) is 4.69. The van der Waals surface area contributed by atoms with Gasteiger partial charge in [-0.2, -0.15) is 0 Å². The highest BCUT2D eigenvalue weighted by atomic mass is 79.9. The lowest BCUT2D eigenvalue weighted by Crippen LogP contribution is -2.33. The fraction of sp³-hybridized carbons (Fsp3) is 0.154. The van der Waals surface area contributed by atoms with Crippen molar-refractivity contribution in [3.05, 3.63) is 34.5 Å². The van der Waals surface area contributed by atoms with Gasteiger partial charge in [-0.25, -0.2) is 9.78 Å². The van der Waals surface area contributed by atoms with E-state index in [1.165, 1.54) is 17.6 Å². The van der Waals surface area contributed by atoms with Crippen molar-refractivity contribution in [2.24, 2.45) is 0 Å². The van der Waals surface area contributed by atoms with E-state index in [0.717, 1.165) is 20.2 Å². The first-order valence-electron chi connectivity index (χ1n) is 6.04. The third-order valence-corrected chi connectivity index (χ3v) is 3.81. The number of hydrogen-bond acceptors (Lipinski definition) is 5. The number of urea groups is 1. The topological polar surface area (TPSA) is 80.3 Å². The average Bonchev–Trinajstić information content (AvgIpc) is 2.78. The Morgan fingerprint density at radius 3 is 3.05 bits per heavy atom. The standard InChI is InChI=1S/C13H12BrN3O3S/c1-2-20-6-5-11(18)17-13(19)15-8-3-4-9-10(7-8)21-12(14)16-9/h3-7H,2H2,1H3,(H2,15,17,18,19)/b6-5+. The normalized spacial score (nSPS) is 10.8. The fourth-order valence-corrected chi connectivity index (χ4v) is 2.94. The minimum atomic E-state index is -0.607. The van der Waals surface area contributed by atoms with Gasteiger partial charge < -0.3 is 10.1 Å². The van der Waals surface area contributed by atoms with E-state index >= 15 is 0 Å². The molecule has 1 heterocycles. The molecule has 0 fully saturated rings. The number of fused-ring (bicyclic) bond motifs is 1. The van der Waals surface area contributed by atoms with Crippen LogP contribution in [0, 0.1) is 0 Å². The first-order chi connectivity index (χ1) is 10.1. The first kappa shape index (κ1) is 15.5. The highest BCUT2D eigenvalue weighted by Gasteiger charge is 2.07. The molecule has 0 atom stereocenters. The van der Waals surface area contributed by atoms with Crippen LogP contribution in [0.3, 0.4) is 0 Å². The third kappa shape index (κ3) is 4.54. The summed E-state index contributed by atoms with van der Waals surface area (Å²) in [5.74, 6) is -0.553. The van der Waals surface area contributed by atoms with Gasteiger partial charge in [-0.05, 0) is 41.1 Å². The molecule has 1 aromatic heterocycles. The lowest BCUT2D eigenvalue weighted by molar-refractivity contribution is -0.115. The Morgan fingerprint density at radius 2 is 2.29 bits per heavy atom. The van der Waals surface area contributed by atoms with E-state index in [0.29, 0.717) is 12.3 Å². The van der Waals surface area contributed by atoms with Crippen molar-refractivity contribution >= 4 is 55.1 Å². The number of amides is 3. The van der Waals surface area contributed by atoms with Crippen LogP contribution in [0.4, 0.5) is 10.5 Å². The predicted octanol–water partition coefficient (Wildman–Crippen LogP) is 3.26. The van der Waals surface area contributed by atoms with Crippen LogP contribution in [0.15, 0.2) is 34.5 Å². The van der Waals surface area contributed by atoms with Gasteiger partial charge >= 0.3 is 6.03 Å². The van der Waals surface area contributed by atoms with E-state index < -0.39 is 11.9 Å². The fourth-order valence-electron chi connectivity index (χ4n) is 1.50. The monoisotopic (exact) mass is 369 g/mol. The molecule has 2 rings (SSSR count). The molecule has 0 saturated heterocycles. The number of nitrogens with one attached hydrogen (secondary N) is 2. The number of ether oxygens (including phenoxy) is 1. The Morgan fingerprint density at radius 1 is 1.48 bits per heavy atom. The summed E-state index contributed by atoms with van der Waals surface area (Å²) in [4.78, 5) is 27.3. The van der Waals surface area contributed by atoms with Crippen molar-refractivity contribution in [1.29, 1.82) is 0 Å². The molecule has 6 nitrogen and oxygen atoms in total. The van der Waals surface area contributed by atoms with Crippen LogP contribution in [-0.4, -0.2) is 23.5 Å². The molecule has 0 bridgehead atoms. The summed E-state index contributed by atoms with van der Waals surface area (Å²) in [7, 11) is 0. The number of carbonyl (C=O) groups excluding carboxylic acids is 2. The lowest BCUT2D eigenvalue weighted by atomic mass is 10.3.